The van der Waals surface area contributed by atoms with Crippen LogP contribution in [-0.2, 0) is 14.2 Å². The van der Waals surface area contributed by atoms with Gasteiger partial charge in [-0.2, -0.15) is 0 Å². The van der Waals surface area contributed by atoms with Crippen molar-refractivity contribution in [3.05, 3.63) is 0 Å². The lowest BCUT2D eigenvalue weighted by atomic mass is 10.2. The first-order valence-corrected chi connectivity index (χ1v) is 5.37. The van der Waals surface area contributed by atoms with Crippen LogP contribution in [0, 0.1) is 0 Å². The maximum Gasteiger partial charge on any atom is 0.163 e. The van der Waals surface area contributed by atoms with Gasteiger partial charge in [0, 0.05) is 6.04 Å². The summed E-state index contributed by atoms with van der Waals surface area (Å²) in [5.41, 5.74) is 5.96. The fourth-order valence-electron chi connectivity index (χ4n) is 2.34. The van der Waals surface area contributed by atoms with E-state index in [2.05, 4.69) is 0 Å². The molecule has 2 rings (SSSR count). The Hall–Kier alpha value is -0.200. The third kappa shape index (κ3) is 2.16. The van der Waals surface area contributed by atoms with Crippen molar-refractivity contribution in [3.63, 3.8) is 0 Å². The second kappa shape index (κ2) is 3.99. The van der Waals surface area contributed by atoms with Crippen LogP contribution in [0.5, 0.6) is 0 Å². The maximum absolute atomic E-state index is 8.71. The van der Waals surface area contributed by atoms with Gasteiger partial charge in [0.2, 0.25) is 0 Å². The van der Waals surface area contributed by atoms with Crippen LogP contribution in [0.3, 0.4) is 0 Å². The van der Waals surface area contributed by atoms with Crippen LogP contribution in [0.1, 0.15) is 20.3 Å². The zero-order chi connectivity index (χ0) is 11.1. The van der Waals surface area contributed by atoms with Crippen LogP contribution in [0.15, 0.2) is 0 Å². The normalized spacial score (nSPS) is 43.2. The Kier molecular flexibility index (Phi) is 3.00. The zero-order valence-electron chi connectivity index (χ0n) is 9.18. The Balaban J connectivity index is 1.99. The summed E-state index contributed by atoms with van der Waals surface area (Å²) in [6, 6.07) is -0.0412. The summed E-state index contributed by atoms with van der Waals surface area (Å²) in [6.45, 7) is 4.10. The molecule has 2 fully saturated rings. The highest BCUT2D eigenvalue weighted by molar-refractivity contribution is 5.01. The second-order valence-electron chi connectivity index (χ2n) is 4.60. The van der Waals surface area contributed by atoms with Crippen LogP contribution < -0.4 is 5.73 Å². The molecule has 1 aliphatic carbocycles. The molecule has 0 amide bonds. The number of aliphatic hydroxyl groups excluding tert-OH is 1. The number of fused-ring (bicyclic) bond motifs is 1. The van der Waals surface area contributed by atoms with E-state index < -0.39 is 5.79 Å². The minimum absolute atomic E-state index is 0.0212. The number of aliphatic hydroxyl groups is 1. The van der Waals surface area contributed by atoms with Crippen LogP contribution >= 0.6 is 0 Å². The first-order chi connectivity index (χ1) is 7.03. The van der Waals surface area contributed by atoms with Gasteiger partial charge >= 0.3 is 0 Å². The maximum atomic E-state index is 8.71. The predicted octanol–water partition coefficient (Wildman–Crippen LogP) is -0.385. The standard InChI is InChI=1S/C10H19NO4/c1-10(2)14-8-6(11)5-7(9(8)15-10)13-4-3-12/h6-9,12H,3-5,11H2,1-2H3/t6-,7-,8+,9-/m0/s1. The Morgan fingerprint density at radius 2 is 2.07 bits per heavy atom. The first-order valence-electron chi connectivity index (χ1n) is 5.37. The highest BCUT2D eigenvalue weighted by Crippen LogP contribution is 2.38. The van der Waals surface area contributed by atoms with Crippen LogP contribution in [0.25, 0.3) is 0 Å². The van der Waals surface area contributed by atoms with Crippen molar-refractivity contribution < 1.29 is 19.3 Å². The lowest BCUT2D eigenvalue weighted by Crippen LogP contribution is -2.35. The summed E-state index contributed by atoms with van der Waals surface area (Å²) in [5, 5.41) is 8.71. The van der Waals surface area contributed by atoms with Crippen molar-refractivity contribution in [3.8, 4) is 0 Å². The molecule has 0 spiro atoms. The van der Waals surface area contributed by atoms with E-state index in [1.165, 1.54) is 0 Å². The number of hydrogen-bond donors (Lipinski definition) is 2. The molecule has 1 heterocycles. The number of nitrogens with two attached hydrogens (primary N) is 1. The highest BCUT2D eigenvalue weighted by atomic mass is 16.8. The minimum atomic E-state index is -0.575. The Morgan fingerprint density at radius 3 is 2.73 bits per heavy atom. The molecule has 15 heavy (non-hydrogen) atoms. The van der Waals surface area contributed by atoms with E-state index in [9.17, 15) is 0 Å². The highest BCUT2D eigenvalue weighted by Gasteiger charge is 2.53. The van der Waals surface area contributed by atoms with E-state index in [0.717, 1.165) is 6.42 Å². The molecule has 1 saturated heterocycles. The number of rotatable bonds is 3. The average molecular weight is 217 g/mol. The third-order valence-electron chi connectivity index (χ3n) is 2.88. The quantitative estimate of drug-likeness (QED) is 0.674. The predicted molar refractivity (Wildman–Crippen MR) is 53.2 cm³/mol. The van der Waals surface area contributed by atoms with Crippen molar-refractivity contribution in [2.45, 2.75) is 50.4 Å². The van der Waals surface area contributed by atoms with Crippen molar-refractivity contribution in [1.29, 1.82) is 0 Å². The summed E-state index contributed by atoms with van der Waals surface area (Å²) in [4.78, 5) is 0. The third-order valence-corrected chi connectivity index (χ3v) is 2.88. The van der Waals surface area contributed by atoms with E-state index in [4.69, 9.17) is 25.1 Å². The molecule has 2 aliphatic rings. The van der Waals surface area contributed by atoms with Gasteiger partial charge in [-0.05, 0) is 20.3 Å². The lowest BCUT2D eigenvalue weighted by molar-refractivity contribution is -0.168. The number of hydrogen-bond acceptors (Lipinski definition) is 5. The van der Waals surface area contributed by atoms with Gasteiger partial charge in [-0.15, -0.1) is 0 Å². The Bertz CT molecular complexity index is 233. The molecule has 1 aliphatic heterocycles. The van der Waals surface area contributed by atoms with E-state index in [1.54, 1.807) is 0 Å². The van der Waals surface area contributed by atoms with E-state index in [1.807, 2.05) is 13.8 Å². The SMILES string of the molecule is CC1(C)O[C@@H]2[C@H](O1)[C@@H](N)C[C@@H]2OCCO. The van der Waals surface area contributed by atoms with Crippen LogP contribution in [0.2, 0.25) is 0 Å². The van der Waals surface area contributed by atoms with Crippen molar-refractivity contribution in [2.24, 2.45) is 5.73 Å². The van der Waals surface area contributed by atoms with Gasteiger partial charge in [0.05, 0.1) is 19.3 Å². The molecule has 0 bridgehead atoms. The molecule has 0 unspecified atom stereocenters. The first kappa shape index (κ1) is 11.3. The molecule has 88 valence electrons. The zero-order valence-corrected chi connectivity index (χ0v) is 9.18. The van der Waals surface area contributed by atoms with Gasteiger partial charge in [-0.3, -0.25) is 0 Å². The molecule has 4 atom stereocenters. The van der Waals surface area contributed by atoms with Gasteiger partial charge in [0.1, 0.15) is 12.2 Å². The van der Waals surface area contributed by atoms with E-state index in [0.29, 0.717) is 6.61 Å². The van der Waals surface area contributed by atoms with E-state index in [-0.39, 0.29) is 31.0 Å². The molecule has 0 aromatic rings. The molecule has 1 saturated carbocycles. The summed E-state index contributed by atoms with van der Waals surface area (Å²) in [7, 11) is 0. The van der Waals surface area contributed by atoms with Gasteiger partial charge in [0.25, 0.3) is 0 Å². The smallest absolute Gasteiger partial charge is 0.163 e. The van der Waals surface area contributed by atoms with Crippen molar-refractivity contribution in [2.75, 3.05) is 13.2 Å². The molecular weight excluding hydrogens is 198 g/mol. The molecule has 3 N–H and O–H groups in total. The molecule has 0 aromatic carbocycles. The van der Waals surface area contributed by atoms with Crippen molar-refractivity contribution >= 4 is 0 Å². The second-order valence-corrected chi connectivity index (χ2v) is 4.60. The van der Waals surface area contributed by atoms with Gasteiger partial charge in [0.15, 0.2) is 5.79 Å². The molecular formula is C10H19NO4. The molecule has 5 nitrogen and oxygen atoms in total. The average Bonchev–Trinajstić information content (AvgIpc) is 2.60. The van der Waals surface area contributed by atoms with Crippen LogP contribution in [-0.4, -0.2) is 48.5 Å². The minimum Gasteiger partial charge on any atom is -0.394 e. The topological polar surface area (TPSA) is 73.9 Å². The fourth-order valence-corrected chi connectivity index (χ4v) is 2.34. The monoisotopic (exact) mass is 217 g/mol. The molecule has 0 radical (unpaired) electrons. The van der Waals surface area contributed by atoms with E-state index >= 15 is 0 Å². The molecule has 0 aromatic heterocycles. The summed E-state index contributed by atoms with van der Waals surface area (Å²) >= 11 is 0. The lowest BCUT2D eigenvalue weighted by Gasteiger charge is -2.22. The summed E-state index contributed by atoms with van der Waals surface area (Å²) < 4.78 is 16.9. The van der Waals surface area contributed by atoms with Gasteiger partial charge in [-0.25, -0.2) is 0 Å². The fraction of sp³-hybridized carbons (Fsp3) is 1.00. The van der Waals surface area contributed by atoms with Gasteiger partial charge < -0.3 is 25.1 Å². The summed E-state index contributed by atoms with van der Waals surface area (Å²) in [6.07, 6.45) is 0.495. The Morgan fingerprint density at radius 1 is 1.40 bits per heavy atom. The largest absolute Gasteiger partial charge is 0.394 e. The summed E-state index contributed by atoms with van der Waals surface area (Å²) in [5.74, 6) is -0.575. The van der Waals surface area contributed by atoms with Crippen LogP contribution in [0.4, 0.5) is 0 Å². The Labute approximate surface area is 89.5 Å². The van der Waals surface area contributed by atoms with Gasteiger partial charge in [-0.1, -0.05) is 0 Å². The molecule has 5 heteroatoms. The number of ether oxygens (including phenoxy) is 3. The van der Waals surface area contributed by atoms with Crippen molar-refractivity contribution in [1.82, 2.24) is 0 Å².